The molecule has 4 heteroatoms. The highest BCUT2D eigenvalue weighted by molar-refractivity contribution is 5.15. The Kier molecular flexibility index (Phi) is 4.78. The lowest BCUT2D eigenvalue weighted by Gasteiger charge is -2.03. The largest absolute Gasteiger partial charge is 0.320 e. The highest BCUT2D eigenvalue weighted by atomic mass is 14.9. The zero-order chi connectivity index (χ0) is 12.6. The molecule has 0 spiro atoms. The highest BCUT2D eigenvalue weighted by Gasteiger charge is 2.01. The molecule has 0 saturated heterocycles. The van der Waals surface area contributed by atoms with Crippen molar-refractivity contribution in [1.29, 1.82) is 0 Å². The van der Waals surface area contributed by atoms with Crippen molar-refractivity contribution < 1.29 is 0 Å². The lowest BCUT2D eigenvalue weighted by molar-refractivity contribution is 0.710. The number of aromatic nitrogens is 3. The van der Waals surface area contributed by atoms with Gasteiger partial charge < -0.3 is 5.32 Å². The van der Waals surface area contributed by atoms with Gasteiger partial charge in [-0.25, -0.2) is 9.97 Å². The quantitative estimate of drug-likeness (QED) is 0.782. The van der Waals surface area contributed by atoms with Crippen LogP contribution in [0.2, 0.25) is 0 Å². The molecule has 0 aliphatic heterocycles. The molecule has 4 nitrogen and oxygen atoms in total. The monoisotopic (exact) mass is 242 g/mol. The lowest BCUT2D eigenvalue weighted by Crippen LogP contribution is -2.09. The molecular weight excluding hydrogens is 224 g/mol. The fraction of sp³-hybridized carbons (Fsp3) is 0.357. The van der Waals surface area contributed by atoms with E-state index >= 15 is 0 Å². The van der Waals surface area contributed by atoms with Gasteiger partial charge in [0.1, 0.15) is 5.82 Å². The Labute approximate surface area is 108 Å². The summed E-state index contributed by atoms with van der Waals surface area (Å²) in [6.45, 7) is 1.02. The van der Waals surface area contributed by atoms with Crippen molar-refractivity contribution in [2.75, 3.05) is 13.6 Å². The number of aryl methyl sites for hydroxylation is 1. The van der Waals surface area contributed by atoms with Crippen molar-refractivity contribution in [3.63, 3.8) is 0 Å². The van der Waals surface area contributed by atoms with Gasteiger partial charge in [-0.3, -0.25) is 4.98 Å². The Balaban J connectivity index is 1.99. The van der Waals surface area contributed by atoms with Gasteiger partial charge in [-0.15, -0.1) is 0 Å². The van der Waals surface area contributed by atoms with Crippen molar-refractivity contribution in [1.82, 2.24) is 20.3 Å². The second kappa shape index (κ2) is 6.81. The first-order chi connectivity index (χ1) is 8.88. The van der Waals surface area contributed by atoms with E-state index in [0.29, 0.717) is 0 Å². The van der Waals surface area contributed by atoms with Crippen molar-refractivity contribution >= 4 is 0 Å². The summed E-state index contributed by atoms with van der Waals surface area (Å²) >= 11 is 0. The Morgan fingerprint density at radius 2 is 2.17 bits per heavy atom. The summed E-state index contributed by atoms with van der Waals surface area (Å²) in [6.07, 6.45) is 8.31. The van der Waals surface area contributed by atoms with E-state index in [1.165, 1.54) is 0 Å². The average Bonchev–Trinajstić information content (AvgIpc) is 2.41. The minimum atomic E-state index is 0.744. The summed E-state index contributed by atoms with van der Waals surface area (Å²) in [7, 11) is 1.97. The molecule has 0 saturated carbocycles. The van der Waals surface area contributed by atoms with Gasteiger partial charge in [0.2, 0.25) is 0 Å². The van der Waals surface area contributed by atoms with Crippen LogP contribution >= 0.6 is 0 Å². The SMILES string of the molecule is CNCCCc1ccnc(Cc2cccnc2)n1. The number of nitrogens with zero attached hydrogens (tertiary/aromatic N) is 3. The molecule has 2 heterocycles. The number of hydrogen-bond donors (Lipinski definition) is 1. The van der Waals surface area contributed by atoms with E-state index in [4.69, 9.17) is 0 Å². The van der Waals surface area contributed by atoms with Gasteiger partial charge >= 0.3 is 0 Å². The van der Waals surface area contributed by atoms with Crippen LogP contribution in [0.3, 0.4) is 0 Å². The maximum atomic E-state index is 4.57. The minimum absolute atomic E-state index is 0.744. The van der Waals surface area contributed by atoms with Crippen molar-refractivity contribution in [2.24, 2.45) is 0 Å². The summed E-state index contributed by atoms with van der Waals surface area (Å²) in [4.78, 5) is 13.0. The van der Waals surface area contributed by atoms with E-state index in [1.54, 1.807) is 6.20 Å². The molecule has 94 valence electrons. The summed E-state index contributed by atoms with van der Waals surface area (Å²) < 4.78 is 0. The molecule has 2 aromatic rings. The molecule has 2 aromatic heterocycles. The predicted molar refractivity (Wildman–Crippen MR) is 71.3 cm³/mol. The molecule has 0 aliphatic carbocycles. The van der Waals surface area contributed by atoms with Gasteiger partial charge in [-0.2, -0.15) is 0 Å². The van der Waals surface area contributed by atoms with Gasteiger partial charge in [0.25, 0.3) is 0 Å². The van der Waals surface area contributed by atoms with Gasteiger partial charge in [0.05, 0.1) is 0 Å². The summed E-state index contributed by atoms with van der Waals surface area (Å²) in [5, 5.41) is 3.14. The van der Waals surface area contributed by atoms with Crippen LogP contribution in [0.15, 0.2) is 36.8 Å². The van der Waals surface area contributed by atoms with Crippen LogP contribution in [0.5, 0.6) is 0 Å². The van der Waals surface area contributed by atoms with Crippen LogP contribution < -0.4 is 5.32 Å². The minimum Gasteiger partial charge on any atom is -0.320 e. The lowest BCUT2D eigenvalue weighted by atomic mass is 10.2. The molecule has 0 bridgehead atoms. The first-order valence-electron chi connectivity index (χ1n) is 6.23. The second-order valence-electron chi connectivity index (χ2n) is 4.21. The third-order valence-corrected chi connectivity index (χ3v) is 2.71. The Bertz CT molecular complexity index is 470. The number of hydrogen-bond acceptors (Lipinski definition) is 4. The van der Waals surface area contributed by atoms with Crippen molar-refractivity contribution in [2.45, 2.75) is 19.3 Å². The molecule has 0 aromatic carbocycles. The fourth-order valence-corrected chi connectivity index (χ4v) is 1.80. The smallest absolute Gasteiger partial charge is 0.132 e. The summed E-state index contributed by atoms with van der Waals surface area (Å²) in [5.41, 5.74) is 2.25. The molecule has 0 unspecified atom stereocenters. The van der Waals surface area contributed by atoms with Crippen LogP contribution in [-0.2, 0) is 12.8 Å². The molecule has 0 aliphatic rings. The second-order valence-corrected chi connectivity index (χ2v) is 4.21. The van der Waals surface area contributed by atoms with Gasteiger partial charge in [0, 0.05) is 30.7 Å². The van der Waals surface area contributed by atoms with E-state index < -0.39 is 0 Å². The van der Waals surface area contributed by atoms with Gasteiger partial charge in [-0.1, -0.05) is 6.07 Å². The Morgan fingerprint density at radius 1 is 1.22 bits per heavy atom. The van der Waals surface area contributed by atoms with E-state index in [2.05, 4.69) is 20.3 Å². The fourth-order valence-electron chi connectivity index (χ4n) is 1.80. The third kappa shape index (κ3) is 3.89. The third-order valence-electron chi connectivity index (χ3n) is 2.71. The standard InChI is InChI=1S/C14H18N4/c1-15-7-3-5-13-6-9-17-14(18-13)10-12-4-2-8-16-11-12/h2,4,6,8-9,11,15H,3,5,7,10H2,1H3. The zero-order valence-electron chi connectivity index (χ0n) is 10.6. The summed E-state index contributed by atoms with van der Waals surface area (Å²) in [6, 6.07) is 5.97. The molecule has 0 radical (unpaired) electrons. The van der Waals surface area contributed by atoms with E-state index in [-0.39, 0.29) is 0 Å². The summed E-state index contributed by atoms with van der Waals surface area (Å²) in [5.74, 6) is 0.866. The molecule has 0 fully saturated rings. The Hall–Kier alpha value is -1.81. The van der Waals surface area contributed by atoms with Crippen LogP contribution in [0.25, 0.3) is 0 Å². The van der Waals surface area contributed by atoms with Crippen LogP contribution in [-0.4, -0.2) is 28.5 Å². The normalized spacial score (nSPS) is 10.5. The predicted octanol–water partition coefficient (Wildman–Crippen LogP) is 1.61. The average molecular weight is 242 g/mol. The van der Waals surface area contributed by atoms with Gasteiger partial charge in [0.15, 0.2) is 0 Å². The molecule has 0 amide bonds. The topological polar surface area (TPSA) is 50.7 Å². The van der Waals surface area contributed by atoms with Crippen LogP contribution in [0.1, 0.15) is 23.5 Å². The Morgan fingerprint density at radius 3 is 2.94 bits per heavy atom. The molecule has 18 heavy (non-hydrogen) atoms. The van der Waals surface area contributed by atoms with E-state index in [9.17, 15) is 0 Å². The van der Waals surface area contributed by atoms with E-state index in [1.807, 2.05) is 37.6 Å². The van der Waals surface area contributed by atoms with Crippen molar-refractivity contribution in [3.05, 3.63) is 53.9 Å². The number of nitrogens with one attached hydrogen (secondary N) is 1. The maximum absolute atomic E-state index is 4.57. The zero-order valence-corrected chi connectivity index (χ0v) is 10.6. The van der Waals surface area contributed by atoms with Crippen LogP contribution in [0.4, 0.5) is 0 Å². The molecule has 2 rings (SSSR count). The first-order valence-corrected chi connectivity index (χ1v) is 6.23. The highest BCUT2D eigenvalue weighted by Crippen LogP contribution is 2.05. The molecular formula is C14H18N4. The maximum Gasteiger partial charge on any atom is 0.132 e. The van der Waals surface area contributed by atoms with Crippen molar-refractivity contribution in [3.8, 4) is 0 Å². The molecule has 1 N–H and O–H groups in total. The molecule has 0 atom stereocenters. The van der Waals surface area contributed by atoms with Crippen LogP contribution in [0, 0.1) is 0 Å². The first kappa shape index (κ1) is 12.6. The van der Waals surface area contributed by atoms with Gasteiger partial charge in [-0.05, 0) is 44.1 Å². The number of pyridine rings is 1. The number of rotatable bonds is 6. The van der Waals surface area contributed by atoms with E-state index in [0.717, 1.165) is 42.9 Å².